The Hall–Kier alpha value is -5.88. The Labute approximate surface area is 242 Å². The summed E-state index contributed by atoms with van der Waals surface area (Å²) in [5.74, 6) is 0.211. The lowest BCUT2D eigenvalue weighted by Gasteiger charge is -2.11. The molecule has 1 amide bonds. The highest BCUT2D eigenvalue weighted by Gasteiger charge is 2.20. The average molecular weight is 559 g/mol. The standard InChI is InChI=1S/C33H26N4O5/c1-3-41-28-18-21(12-17-27(28)42-33(39)23-13-15-25(40-2)16-14-23)20-35-37-32(38)31-29(22-8-5-4-6-9-22)26-11-7-10-24(19-34)30(26)36-31/h4-18,20,36H,3H2,1-2H3,(H,37,38). The minimum absolute atomic E-state index is 0.248. The van der Waals surface area contributed by atoms with Gasteiger partial charge in [0, 0.05) is 10.9 Å². The van der Waals surface area contributed by atoms with E-state index in [0.717, 1.165) is 10.9 Å². The largest absolute Gasteiger partial charge is 0.497 e. The maximum Gasteiger partial charge on any atom is 0.343 e. The third-order valence-corrected chi connectivity index (χ3v) is 6.42. The van der Waals surface area contributed by atoms with Crippen LogP contribution < -0.4 is 19.6 Å². The molecule has 0 bridgehead atoms. The Morgan fingerprint density at radius 2 is 1.76 bits per heavy atom. The summed E-state index contributed by atoms with van der Waals surface area (Å²) in [6.45, 7) is 2.16. The molecule has 0 saturated carbocycles. The summed E-state index contributed by atoms with van der Waals surface area (Å²) in [7, 11) is 1.55. The first-order valence-corrected chi connectivity index (χ1v) is 13.1. The van der Waals surface area contributed by atoms with Gasteiger partial charge in [0.1, 0.15) is 17.5 Å². The number of carbonyl (C=O) groups is 2. The number of hydrogen-bond donors (Lipinski definition) is 2. The number of carbonyl (C=O) groups excluding carboxylic acids is 2. The van der Waals surface area contributed by atoms with Crippen LogP contribution in [0.2, 0.25) is 0 Å². The van der Waals surface area contributed by atoms with Gasteiger partial charge in [0.2, 0.25) is 0 Å². The summed E-state index contributed by atoms with van der Waals surface area (Å²) < 4.78 is 16.4. The van der Waals surface area contributed by atoms with Crippen molar-refractivity contribution < 1.29 is 23.8 Å². The summed E-state index contributed by atoms with van der Waals surface area (Å²) in [5, 5.41) is 14.5. The normalized spacial score (nSPS) is 10.8. The molecule has 0 saturated heterocycles. The first-order valence-electron chi connectivity index (χ1n) is 13.1. The van der Waals surface area contributed by atoms with Gasteiger partial charge < -0.3 is 19.2 Å². The molecule has 42 heavy (non-hydrogen) atoms. The molecule has 2 N–H and O–H groups in total. The van der Waals surface area contributed by atoms with Crippen molar-refractivity contribution in [1.82, 2.24) is 10.4 Å². The summed E-state index contributed by atoms with van der Waals surface area (Å²) in [6.07, 6.45) is 1.46. The topological polar surface area (TPSA) is 126 Å². The van der Waals surface area contributed by atoms with Crippen LogP contribution in [0.15, 0.2) is 96.1 Å². The Morgan fingerprint density at radius 1 is 0.976 bits per heavy atom. The molecule has 9 nitrogen and oxygen atoms in total. The van der Waals surface area contributed by atoms with Crippen LogP contribution in [0.25, 0.3) is 22.0 Å². The number of nitrogens with one attached hydrogen (secondary N) is 2. The van der Waals surface area contributed by atoms with Crippen LogP contribution in [-0.2, 0) is 0 Å². The number of nitrogens with zero attached hydrogens (tertiary/aromatic N) is 2. The number of rotatable bonds is 9. The number of fused-ring (bicyclic) bond motifs is 1. The molecule has 0 atom stereocenters. The number of ether oxygens (including phenoxy) is 3. The number of esters is 1. The summed E-state index contributed by atoms with van der Waals surface area (Å²) in [5.41, 5.74) is 6.33. The van der Waals surface area contributed by atoms with E-state index in [-0.39, 0.29) is 11.4 Å². The lowest BCUT2D eigenvalue weighted by molar-refractivity contribution is 0.0728. The molecule has 0 aliphatic rings. The van der Waals surface area contributed by atoms with Crippen LogP contribution in [-0.4, -0.2) is 36.8 Å². The fourth-order valence-corrected chi connectivity index (χ4v) is 4.45. The zero-order valence-corrected chi connectivity index (χ0v) is 22.9. The SMILES string of the molecule is CCOc1cc(C=NNC(=O)c2[nH]c3c(C#N)cccc3c2-c2ccccc2)ccc1OC(=O)c1ccc(OC)cc1. The number of methoxy groups -OCH3 is 1. The van der Waals surface area contributed by atoms with Crippen LogP contribution in [0.3, 0.4) is 0 Å². The number of aromatic nitrogens is 1. The van der Waals surface area contributed by atoms with E-state index < -0.39 is 11.9 Å². The van der Waals surface area contributed by atoms with Gasteiger partial charge in [0.05, 0.1) is 36.6 Å². The quantitative estimate of drug-likeness (QED) is 0.0975. The van der Waals surface area contributed by atoms with Gasteiger partial charge in [-0.1, -0.05) is 42.5 Å². The van der Waals surface area contributed by atoms with Crippen molar-refractivity contribution in [3.05, 3.63) is 113 Å². The molecule has 0 spiro atoms. The van der Waals surface area contributed by atoms with Crippen molar-refractivity contribution in [2.24, 2.45) is 5.10 Å². The third-order valence-electron chi connectivity index (χ3n) is 6.42. The number of nitriles is 1. The van der Waals surface area contributed by atoms with E-state index >= 15 is 0 Å². The van der Waals surface area contributed by atoms with Crippen LogP contribution in [0.1, 0.15) is 38.9 Å². The predicted molar refractivity (Wildman–Crippen MR) is 159 cm³/mol. The predicted octanol–water partition coefficient (Wildman–Crippen LogP) is 6.10. The van der Waals surface area contributed by atoms with Crippen molar-refractivity contribution in [3.63, 3.8) is 0 Å². The minimum atomic E-state index is -0.542. The van der Waals surface area contributed by atoms with Crippen molar-refractivity contribution in [2.75, 3.05) is 13.7 Å². The van der Waals surface area contributed by atoms with Crippen molar-refractivity contribution >= 4 is 29.0 Å². The molecule has 4 aromatic carbocycles. The minimum Gasteiger partial charge on any atom is -0.497 e. The van der Waals surface area contributed by atoms with Crippen molar-refractivity contribution in [2.45, 2.75) is 6.92 Å². The number of aromatic amines is 1. The number of benzene rings is 4. The molecule has 1 aromatic heterocycles. The maximum atomic E-state index is 13.3. The number of hydrogen-bond acceptors (Lipinski definition) is 7. The number of para-hydroxylation sites is 1. The smallest absolute Gasteiger partial charge is 0.343 e. The highest BCUT2D eigenvalue weighted by Crippen LogP contribution is 2.34. The number of hydrazone groups is 1. The molecular weight excluding hydrogens is 532 g/mol. The van der Waals surface area contributed by atoms with Gasteiger partial charge in [-0.2, -0.15) is 10.4 Å². The van der Waals surface area contributed by atoms with E-state index in [0.29, 0.717) is 45.9 Å². The van der Waals surface area contributed by atoms with Gasteiger partial charge in [-0.25, -0.2) is 10.2 Å². The monoisotopic (exact) mass is 558 g/mol. The first kappa shape index (κ1) is 27.7. The molecule has 0 unspecified atom stereocenters. The lowest BCUT2D eigenvalue weighted by atomic mass is 10.0. The van der Waals surface area contributed by atoms with E-state index in [9.17, 15) is 14.9 Å². The molecule has 0 radical (unpaired) electrons. The van der Waals surface area contributed by atoms with Crippen LogP contribution in [0.4, 0.5) is 0 Å². The van der Waals surface area contributed by atoms with E-state index in [4.69, 9.17) is 14.2 Å². The Bertz CT molecular complexity index is 1820. The Balaban J connectivity index is 1.36. The molecule has 9 heteroatoms. The fourth-order valence-electron chi connectivity index (χ4n) is 4.45. The van der Waals surface area contributed by atoms with Crippen molar-refractivity contribution in [1.29, 1.82) is 5.26 Å². The first-order chi connectivity index (χ1) is 20.5. The van der Waals surface area contributed by atoms with Gasteiger partial charge in [0.25, 0.3) is 5.91 Å². The second-order valence-corrected chi connectivity index (χ2v) is 9.04. The van der Waals surface area contributed by atoms with Gasteiger partial charge >= 0.3 is 5.97 Å². The zero-order chi connectivity index (χ0) is 29.5. The van der Waals surface area contributed by atoms with Crippen LogP contribution in [0.5, 0.6) is 17.2 Å². The van der Waals surface area contributed by atoms with E-state index in [1.807, 2.05) is 43.3 Å². The second-order valence-electron chi connectivity index (χ2n) is 9.04. The van der Waals surface area contributed by atoms with E-state index in [1.54, 1.807) is 61.7 Å². The molecule has 0 aliphatic carbocycles. The van der Waals surface area contributed by atoms with E-state index in [1.165, 1.54) is 6.21 Å². The molecule has 5 aromatic rings. The highest BCUT2D eigenvalue weighted by atomic mass is 16.6. The molecule has 5 rings (SSSR count). The second kappa shape index (κ2) is 12.5. The van der Waals surface area contributed by atoms with Crippen LogP contribution >= 0.6 is 0 Å². The summed E-state index contributed by atoms with van der Waals surface area (Å²) >= 11 is 0. The van der Waals surface area contributed by atoms with Gasteiger partial charge in [-0.05, 0) is 66.6 Å². The Kier molecular flexibility index (Phi) is 8.26. The molecular formula is C33H26N4O5. The molecule has 1 heterocycles. The molecule has 0 aliphatic heterocycles. The van der Waals surface area contributed by atoms with Gasteiger partial charge in [0.15, 0.2) is 11.5 Å². The summed E-state index contributed by atoms with van der Waals surface area (Å²) in [6, 6.07) is 28.5. The van der Waals surface area contributed by atoms with Crippen LogP contribution in [0, 0.1) is 11.3 Å². The summed E-state index contributed by atoms with van der Waals surface area (Å²) in [4.78, 5) is 29.1. The Morgan fingerprint density at radius 3 is 2.48 bits per heavy atom. The van der Waals surface area contributed by atoms with Crippen molar-refractivity contribution in [3.8, 4) is 34.4 Å². The maximum absolute atomic E-state index is 13.3. The number of H-pyrrole nitrogens is 1. The van der Waals surface area contributed by atoms with E-state index in [2.05, 4.69) is 21.6 Å². The highest BCUT2D eigenvalue weighted by molar-refractivity contribution is 6.10. The van der Waals surface area contributed by atoms with Gasteiger partial charge in [-0.3, -0.25) is 4.79 Å². The average Bonchev–Trinajstić information content (AvgIpc) is 3.43. The fraction of sp³-hybridized carbons (Fsp3) is 0.0909. The third kappa shape index (κ3) is 5.83. The number of amides is 1. The molecule has 0 fully saturated rings. The lowest BCUT2D eigenvalue weighted by Crippen LogP contribution is -2.19. The molecule has 208 valence electrons. The van der Waals surface area contributed by atoms with Gasteiger partial charge in [-0.15, -0.1) is 0 Å². The zero-order valence-electron chi connectivity index (χ0n) is 22.9.